The number of nitrogens with zero attached hydrogens (tertiary/aromatic N) is 3. The van der Waals surface area contributed by atoms with Crippen LogP contribution < -0.4 is 10.5 Å². The molecule has 0 saturated carbocycles. The zero-order chi connectivity index (χ0) is 15.2. The minimum absolute atomic E-state index is 0.525. The lowest BCUT2D eigenvalue weighted by Crippen LogP contribution is -2.27. The number of likely N-dealkylation sites (N-methyl/N-ethyl adjacent to an activating group) is 1. The van der Waals surface area contributed by atoms with Crippen molar-refractivity contribution in [2.24, 2.45) is 0 Å². The van der Waals surface area contributed by atoms with E-state index in [1.165, 1.54) is 0 Å². The zero-order valence-electron chi connectivity index (χ0n) is 13.0. The molecule has 0 bridgehead atoms. The van der Waals surface area contributed by atoms with Crippen LogP contribution in [0.4, 0.5) is 5.95 Å². The van der Waals surface area contributed by atoms with Crippen LogP contribution >= 0.6 is 0 Å². The van der Waals surface area contributed by atoms with E-state index in [1.807, 2.05) is 29.7 Å². The Morgan fingerprint density at radius 3 is 2.86 bits per heavy atom. The van der Waals surface area contributed by atoms with E-state index in [0.29, 0.717) is 12.6 Å². The number of benzene rings is 1. The Bertz CT molecular complexity index is 582. The van der Waals surface area contributed by atoms with E-state index in [0.717, 1.165) is 43.0 Å². The molecule has 0 aliphatic rings. The normalized spacial score (nSPS) is 11.4. The molecule has 0 unspecified atom stereocenters. The molecule has 0 atom stereocenters. The molecular weight excluding hydrogens is 268 g/mol. The minimum atomic E-state index is 0.525. The maximum absolute atomic E-state index is 6.06. The van der Waals surface area contributed by atoms with Crippen molar-refractivity contribution >= 4 is 17.0 Å². The van der Waals surface area contributed by atoms with Crippen molar-refractivity contribution in [1.82, 2.24) is 14.5 Å². The second kappa shape index (κ2) is 7.28. The van der Waals surface area contributed by atoms with Gasteiger partial charge in [-0.15, -0.1) is 0 Å². The van der Waals surface area contributed by atoms with E-state index >= 15 is 0 Å². The molecule has 2 N–H and O–H groups in total. The van der Waals surface area contributed by atoms with Crippen molar-refractivity contribution in [3.05, 3.63) is 18.2 Å². The van der Waals surface area contributed by atoms with Crippen molar-refractivity contribution in [1.29, 1.82) is 0 Å². The van der Waals surface area contributed by atoms with Crippen molar-refractivity contribution in [2.75, 3.05) is 46.2 Å². The van der Waals surface area contributed by atoms with Gasteiger partial charge in [-0.1, -0.05) is 6.07 Å². The quantitative estimate of drug-likeness (QED) is 0.800. The monoisotopic (exact) mass is 292 g/mol. The van der Waals surface area contributed by atoms with Gasteiger partial charge in [0.15, 0.2) is 0 Å². The van der Waals surface area contributed by atoms with Crippen LogP contribution in [0.5, 0.6) is 5.75 Å². The number of hydrogen-bond acceptors (Lipinski definition) is 5. The fraction of sp³-hybridized carbons (Fsp3) is 0.533. The molecular formula is C15H24N4O2. The Balaban J connectivity index is 2.16. The first-order valence-electron chi connectivity index (χ1n) is 7.22. The van der Waals surface area contributed by atoms with E-state index in [2.05, 4.69) is 16.9 Å². The molecule has 0 aliphatic heterocycles. The second-order valence-electron chi connectivity index (χ2n) is 4.97. The number of aromatic nitrogens is 2. The third-order valence-electron chi connectivity index (χ3n) is 3.45. The van der Waals surface area contributed by atoms with Gasteiger partial charge in [-0.2, -0.15) is 0 Å². The molecule has 0 spiro atoms. The molecule has 6 nitrogen and oxygen atoms in total. The molecule has 21 heavy (non-hydrogen) atoms. The first kappa shape index (κ1) is 15.6. The summed E-state index contributed by atoms with van der Waals surface area (Å²) in [6.45, 7) is 5.88. The molecule has 0 fully saturated rings. The summed E-state index contributed by atoms with van der Waals surface area (Å²) in [5.41, 5.74) is 7.90. The molecule has 1 heterocycles. The maximum atomic E-state index is 6.06. The summed E-state index contributed by atoms with van der Waals surface area (Å²) in [6.07, 6.45) is 0. The average Bonchev–Trinajstić information content (AvgIpc) is 2.80. The second-order valence-corrected chi connectivity index (χ2v) is 4.97. The topological polar surface area (TPSA) is 65.5 Å². The van der Waals surface area contributed by atoms with Gasteiger partial charge in [0, 0.05) is 26.7 Å². The summed E-state index contributed by atoms with van der Waals surface area (Å²) in [5.74, 6) is 1.31. The van der Waals surface area contributed by atoms with Crippen LogP contribution in [-0.2, 0) is 11.3 Å². The molecule has 0 radical (unpaired) electrons. The van der Waals surface area contributed by atoms with E-state index < -0.39 is 0 Å². The number of fused-ring (bicyclic) bond motifs is 1. The van der Waals surface area contributed by atoms with Crippen molar-refractivity contribution in [3.63, 3.8) is 0 Å². The Hall–Kier alpha value is -1.79. The highest BCUT2D eigenvalue weighted by Gasteiger charge is 2.12. The standard InChI is InChI=1S/C15H24N4O2/c1-4-21-13-7-5-6-12-14(13)17-15(16)19(12)9-8-18(2)10-11-20-3/h5-7H,4,8-11H2,1-3H3,(H2,16,17). The SMILES string of the molecule is CCOc1cccc2c1nc(N)n2CCN(C)CCOC. The molecule has 0 aliphatic carbocycles. The Labute approximate surface area is 125 Å². The smallest absolute Gasteiger partial charge is 0.201 e. The Morgan fingerprint density at radius 2 is 2.14 bits per heavy atom. The van der Waals surface area contributed by atoms with Crippen LogP contribution in [0, 0.1) is 0 Å². The maximum Gasteiger partial charge on any atom is 0.201 e. The van der Waals surface area contributed by atoms with E-state index in [4.69, 9.17) is 15.2 Å². The fourth-order valence-corrected chi connectivity index (χ4v) is 2.28. The number of nitrogen functional groups attached to an aromatic ring is 1. The van der Waals surface area contributed by atoms with Crippen LogP contribution in [0.2, 0.25) is 0 Å². The summed E-state index contributed by atoms with van der Waals surface area (Å²) in [4.78, 5) is 6.65. The molecule has 0 amide bonds. The number of imidazole rings is 1. The summed E-state index contributed by atoms with van der Waals surface area (Å²) < 4.78 is 12.7. The number of ether oxygens (including phenoxy) is 2. The third kappa shape index (κ3) is 3.65. The van der Waals surface area contributed by atoms with Crippen molar-refractivity contribution in [2.45, 2.75) is 13.5 Å². The van der Waals surface area contributed by atoms with Gasteiger partial charge in [-0.3, -0.25) is 0 Å². The summed E-state index contributed by atoms with van der Waals surface area (Å²) in [5, 5.41) is 0. The number of anilines is 1. The van der Waals surface area contributed by atoms with E-state index in [9.17, 15) is 0 Å². The van der Waals surface area contributed by atoms with Gasteiger partial charge in [-0.05, 0) is 26.1 Å². The van der Waals surface area contributed by atoms with Gasteiger partial charge in [0.2, 0.25) is 5.95 Å². The van der Waals surface area contributed by atoms with E-state index in [-0.39, 0.29) is 0 Å². The van der Waals surface area contributed by atoms with E-state index in [1.54, 1.807) is 7.11 Å². The molecule has 2 rings (SSSR count). The summed E-state index contributed by atoms with van der Waals surface area (Å²) in [6, 6.07) is 5.92. The van der Waals surface area contributed by atoms with Crippen LogP contribution in [0.15, 0.2) is 18.2 Å². The lowest BCUT2D eigenvalue weighted by atomic mass is 10.3. The molecule has 0 saturated heterocycles. The fourth-order valence-electron chi connectivity index (χ4n) is 2.28. The van der Waals surface area contributed by atoms with Crippen molar-refractivity contribution in [3.8, 4) is 5.75 Å². The number of para-hydroxylation sites is 1. The first-order chi connectivity index (χ1) is 10.2. The van der Waals surface area contributed by atoms with Gasteiger partial charge >= 0.3 is 0 Å². The number of rotatable bonds is 8. The molecule has 2 aromatic rings. The zero-order valence-corrected chi connectivity index (χ0v) is 13.0. The number of nitrogens with two attached hydrogens (primary N) is 1. The Morgan fingerprint density at radius 1 is 1.33 bits per heavy atom. The van der Waals surface area contributed by atoms with Crippen molar-refractivity contribution < 1.29 is 9.47 Å². The average molecular weight is 292 g/mol. The predicted molar refractivity (Wildman–Crippen MR) is 84.7 cm³/mol. The molecule has 1 aromatic carbocycles. The lowest BCUT2D eigenvalue weighted by molar-refractivity contribution is 0.159. The molecule has 1 aromatic heterocycles. The van der Waals surface area contributed by atoms with Gasteiger partial charge in [-0.25, -0.2) is 4.98 Å². The number of hydrogen-bond donors (Lipinski definition) is 1. The van der Waals surface area contributed by atoms with Crippen LogP contribution in [0.25, 0.3) is 11.0 Å². The van der Waals surface area contributed by atoms with Gasteiger partial charge < -0.3 is 24.7 Å². The van der Waals surface area contributed by atoms with Crippen LogP contribution in [-0.4, -0.2) is 54.9 Å². The summed E-state index contributed by atoms with van der Waals surface area (Å²) >= 11 is 0. The van der Waals surface area contributed by atoms with Gasteiger partial charge in [0.1, 0.15) is 11.3 Å². The highest BCUT2D eigenvalue weighted by Crippen LogP contribution is 2.26. The molecule has 6 heteroatoms. The molecule has 116 valence electrons. The highest BCUT2D eigenvalue weighted by molar-refractivity contribution is 5.84. The van der Waals surface area contributed by atoms with Gasteiger partial charge in [0.05, 0.1) is 18.7 Å². The number of methoxy groups -OCH3 is 1. The Kier molecular flexibility index (Phi) is 5.41. The largest absolute Gasteiger partial charge is 0.492 e. The minimum Gasteiger partial charge on any atom is -0.492 e. The predicted octanol–water partition coefficient (Wildman–Crippen LogP) is 1.60. The van der Waals surface area contributed by atoms with Crippen LogP contribution in [0.3, 0.4) is 0 Å². The van der Waals surface area contributed by atoms with Gasteiger partial charge in [0.25, 0.3) is 0 Å². The third-order valence-corrected chi connectivity index (χ3v) is 3.45. The lowest BCUT2D eigenvalue weighted by Gasteiger charge is -2.17. The van der Waals surface area contributed by atoms with Crippen LogP contribution in [0.1, 0.15) is 6.92 Å². The first-order valence-corrected chi connectivity index (χ1v) is 7.22. The summed E-state index contributed by atoms with van der Waals surface area (Å²) in [7, 11) is 3.78. The highest BCUT2D eigenvalue weighted by atomic mass is 16.5.